The summed E-state index contributed by atoms with van der Waals surface area (Å²) in [5, 5.41) is 0.704. The van der Waals surface area contributed by atoms with Crippen LogP contribution in [0.15, 0.2) is 18.3 Å². The number of hydrogen-bond acceptors (Lipinski definition) is 2. The lowest BCUT2D eigenvalue weighted by molar-refractivity contribution is 0.272. The van der Waals surface area contributed by atoms with E-state index in [2.05, 4.69) is 23.7 Å². The first-order valence-electron chi connectivity index (χ1n) is 5.59. The Balaban J connectivity index is 2.47. The van der Waals surface area contributed by atoms with Gasteiger partial charge in [-0.15, -0.1) is 0 Å². The maximum absolute atomic E-state index is 5.79. The Kier molecular flexibility index (Phi) is 5.66. The van der Waals surface area contributed by atoms with E-state index < -0.39 is 0 Å². The summed E-state index contributed by atoms with van der Waals surface area (Å²) in [5.74, 6) is 0. The van der Waals surface area contributed by atoms with Gasteiger partial charge in [0.25, 0.3) is 0 Å². The van der Waals surface area contributed by atoms with Crippen LogP contribution in [0.2, 0.25) is 5.02 Å². The molecule has 0 fully saturated rings. The van der Waals surface area contributed by atoms with Crippen molar-refractivity contribution in [3.05, 3.63) is 29.0 Å². The zero-order valence-electron chi connectivity index (χ0n) is 9.54. The molecule has 0 saturated heterocycles. The van der Waals surface area contributed by atoms with Gasteiger partial charge in [-0.2, -0.15) is 0 Å². The number of hydrogen-bond donors (Lipinski definition) is 0. The second kappa shape index (κ2) is 6.81. The van der Waals surface area contributed by atoms with E-state index in [0.29, 0.717) is 5.02 Å². The van der Waals surface area contributed by atoms with Crippen LogP contribution in [-0.2, 0) is 6.54 Å². The van der Waals surface area contributed by atoms with E-state index in [1.54, 1.807) is 6.20 Å². The third-order valence-corrected chi connectivity index (χ3v) is 2.67. The zero-order chi connectivity index (χ0) is 11.1. The molecule has 0 aliphatic heterocycles. The van der Waals surface area contributed by atoms with Crippen LogP contribution in [0.4, 0.5) is 0 Å². The van der Waals surface area contributed by atoms with Gasteiger partial charge in [0.2, 0.25) is 0 Å². The molecule has 0 spiro atoms. The Bertz CT molecular complexity index is 271. The van der Waals surface area contributed by atoms with Gasteiger partial charge >= 0.3 is 0 Å². The van der Waals surface area contributed by atoms with E-state index >= 15 is 0 Å². The van der Waals surface area contributed by atoms with Crippen LogP contribution < -0.4 is 0 Å². The first-order valence-corrected chi connectivity index (χ1v) is 5.96. The van der Waals surface area contributed by atoms with Gasteiger partial charge in [0.05, 0.1) is 10.7 Å². The van der Waals surface area contributed by atoms with Gasteiger partial charge in [-0.05, 0) is 31.6 Å². The van der Waals surface area contributed by atoms with Gasteiger partial charge in [0.15, 0.2) is 0 Å². The highest BCUT2D eigenvalue weighted by atomic mass is 35.5. The fourth-order valence-electron chi connectivity index (χ4n) is 1.46. The summed E-state index contributed by atoms with van der Waals surface area (Å²) in [6, 6.07) is 3.90. The molecule has 0 aromatic carbocycles. The molecule has 1 rings (SSSR count). The maximum Gasteiger partial charge on any atom is 0.0589 e. The molecule has 0 radical (unpaired) electrons. The van der Waals surface area contributed by atoms with Crippen molar-refractivity contribution >= 4 is 11.6 Å². The summed E-state index contributed by atoms with van der Waals surface area (Å²) in [6.45, 7) is 7.55. The third kappa shape index (κ3) is 4.63. The van der Waals surface area contributed by atoms with Crippen LogP contribution in [0.1, 0.15) is 32.4 Å². The van der Waals surface area contributed by atoms with Gasteiger partial charge in [0.1, 0.15) is 0 Å². The Morgan fingerprint density at radius 3 is 2.67 bits per heavy atom. The molecule has 0 amide bonds. The summed E-state index contributed by atoms with van der Waals surface area (Å²) in [4.78, 5) is 6.70. The Morgan fingerprint density at radius 1 is 1.33 bits per heavy atom. The smallest absolute Gasteiger partial charge is 0.0589 e. The fraction of sp³-hybridized carbons (Fsp3) is 0.583. The minimum Gasteiger partial charge on any atom is -0.298 e. The number of unbranched alkanes of at least 4 members (excludes halogenated alkanes) is 1. The van der Waals surface area contributed by atoms with Crippen molar-refractivity contribution in [1.82, 2.24) is 9.88 Å². The highest BCUT2D eigenvalue weighted by molar-refractivity contribution is 6.30. The van der Waals surface area contributed by atoms with Crippen molar-refractivity contribution in [1.29, 1.82) is 0 Å². The molecule has 0 atom stereocenters. The van der Waals surface area contributed by atoms with Crippen LogP contribution in [0.5, 0.6) is 0 Å². The highest BCUT2D eigenvalue weighted by Crippen LogP contribution is 2.08. The third-order valence-electron chi connectivity index (χ3n) is 2.45. The quantitative estimate of drug-likeness (QED) is 0.740. The van der Waals surface area contributed by atoms with Crippen molar-refractivity contribution in [2.75, 3.05) is 13.1 Å². The van der Waals surface area contributed by atoms with Gasteiger partial charge in [-0.25, -0.2) is 0 Å². The second-order valence-electron chi connectivity index (χ2n) is 3.69. The lowest BCUT2D eigenvalue weighted by Crippen LogP contribution is -2.24. The standard InChI is InChI=1S/C12H19ClN2/c1-3-5-8-15(4-2)10-12-7-6-11(13)9-14-12/h6-7,9H,3-5,8,10H2,1-2H3. The van der Waals surface area contributed by atoms with E-state index in [1.807, 2.05) is 12.1 Å². The van der Waals surface area contributed by atoms with Crippen LogP contribution in [0.3, 0.4) is 0 Å². The molecule has 1 heterocycles. The lowest BCUT2D eigenvalue weighted by atomic mass is 10.3. The minimum absolute atomic E-state index is 0.704. The molecular formula is C12H19ClN2. The molecule has 0 aliphatic carbocycles. The topological polar surface area (TPSA) is 16.1 Å². The van der Waals surface area contributed by atoms with E-state index in [-0.39, 0.29) is 0 Å². The normalized spacial score (nSPS) is 10.9. The molecule has 2 nitrogen and oxygen atoms in total. The van der Waals surface area contributed by atoms with E-state index in [1.165, 1.54) is 12.8 Å². The second-order valence-corrected chi connectivity index (χ2v) is 4.13. The minimum atomic E-state index is 0.704. The van der Waals surface area contributed by atoms with Crippen LogP contribution in [0.25, 0.3) is 0 Å². The predicted molar refractivity (Wildman–Crippen MR) is 65.1 cm³/mol. The van der Waals surface area contributed by atoms with Gasteiger partial charge < -0.3 is 0 Å². The largest absolute Gasteiger partial charge is 0.298 e. The number of pyridine rings is 1. The number of rotatable bonds is 6. The Morgan fingerprint density at radius 2 is 2.13 bits per heavy atom. The monoisotopic (exact) mass is 226 g/mol. The molecule has 84 valence electrons. The molecular weight excluding hydrogens is 208 g/mol. The van der Waals surface area contributed by atoms with E-state index in [0.717, 1.165) is 25.3 Å². The van der Waals surface area contributed by atoms with E-state index in [9.17, 15) is 0 Å². The van der Waals surface area contributed by atoms with Crippen LogP contribution in [0, 0.1) is 0 Å². The van der Waals surface area contributed by atoms with Crippen molar-refractivity contribution in [2.24, 2.45) is 0 Å². The molecule has 15 heavy (non-hydrogen) atoms. The summed E-state index contributed by atoms with van der Waals surface area (Å²) >= 11 is 5.79. The summed E-state index contributed by atoms with van der Waals surface area (Å²) in [7, 11) is 0. The first kappa shape index (κ1) is 12.5. The first-order chi connectivity index (χ1) is 7.26. The Labute approximate surface area is 97.3 Å². The summed E-state index contributed by atoms with van der Waals surface area (Å²) < 4.78 is 0. The molecule has 0 saturated carbocycles. The zero-order valence-corrected chi connectivity index (χ0v) is 10.3. The molecule has 0 aliphatic rings. The summed E-state index contributed by atoms with van der Waals surface area (Å²) in [5.41, 5.74) is 1.09. The Hall–Kier alpha value is -0.600. The average Bonchev–Trinajstić information content (AvgIpc) is 2.27. The molecule has 3 heteroatoms. The van der Waals surface area contributed by atoms with Gasteiger partial charge in [-0.1, -0.05) is 31.9 Å². The molecule has 0 bridgehead atoms. The predicted octanol–water partition coefficient (Wildman–Crippen LogP) is 3.36. The lowest BCUT2D eigenvalue weighted by Gasteiger charge is -2.19. The highest BCUT2D eigenvalue weighted by Gasteiger charge is 2.03. The number of nitrogens with zero attached hydrogens (tertiary/aromatic N) is 2. The van der Waals surface area contributed by atoms with Crippen molar-refractivity contribution in [3.63, 3.8) is 0 Å². The van der Waals surface area contributed by atoms with Crippen LogP contribution in [-0.4, -0.2) is 23.0 Å². The van der Waals surface area contributed by atoms with Crippen LogP contribution >= 0.6 is 11.6 Å². The molecule has 1 aromatic rings. The van der Waals surface area contributed by atoms with Gasteiger partial charge in [-0.3, -0.25) is 9.88 Å². The summed E-state index contributed by atoms with van der Waals surface area (Å²) in [6.07, 6.45) is 4.20. The molecule has 1 aromatic heterocycles. The van der Waals surface area contributed by atoms with Crippen molar-refractivity contribution in [2.45, 2.75) is 33.2 Å². The molecule has 0 N–H and O–H groups in total. The average molecular weight is 227 g/mol. The molecule has 0 unspecified atom stereocenters. The maximum atomic E-state index is 5.79. The van der Waals surface area contributed by atoms with Crippen molar-refractivity contribution < 1.29 is 0 Å². The fourth-order valence-corrected chi connectivity index (χ4v) is 1.57. The van der Waals surface area contributed by atoms with Gasteiger partial charge in [0, 0.05) is 12.7 Å². The number of aromatic nitrogens is 1. The van der Waals surface area contributed by atoms with Crippen molar-refractivity contribution in [3.8, 4) is 0 Å². The SMILES string of the molecule is CCCCN(CC)Cc1ccc(Cl)cn1. The number of halogens is 1. The van der Waals surface area contributed by atoms with E-state index in [4.69, 9.17) is 11.6 Å².